The van der Waals surface area contributed by atoms with Gasteiger partial charge in [-0.1, -0.05) is 29.8 Å². The average molecular weight is 297 g/mol. The summed E-state index contributed by atoms with van der Waals surface area (Å²) in [5.74, 6) is -1.45. The van der Waals surface area contributed by atoms with Crippen molar-refractivity contribution in [1.82, 2.24) is 4.98 Å². The van der Waals surface area contributed by atoms with Crippen LogP contribution in [0.3, 0.4) is 0 Å². The molecule has 112 valence electrons. The first-order valence-corrected chi connectivity index (χ1v) is 7.05. The lowest BCUT2D eigenvalue weighted by Gasteiger charge is -2.24. The minimum absolute atomic E-state index is 0.00641. The van der Waals surface area contributed by atoms with Gasteiger partial charge in [-0.25, -0.2) is 4.79 Å². The van der Waals surface area contributed by atoms with Gasteiger partial charge in [0.2, 0.25) is 0 Å². The van der Waals surface area contributed by atoms with E-state index >= 15 is 0 Å². The van der Waals surface area contributed by atoms with Crippen molar-refractivity contribution in [1.29, 1.82) is 0 Å². The molecule has 1 aliphatic carbocycles. The number of benzene rings is 1. The molecule has 5 heteroatoms. The summed E-state index contributed by atoms with van der Waals surface area (Å²) in [4.78, 5) is 37.6. The normalized spacial score (nSPS) is 17.1. The summed E-state index contributed by atoms with van der Waals surface area (Å²) < 4.78 is 0. The first kappa shape index (κ1) is 14.3. The summed E-state index contributed by atoms with van der Waals surface area (Å²) in [5, 5.41) is 8.98. The summed E-state index contributed by atoms with van der Waals surface area (Å²) >= 11 is 0. The molecular formula is C17H15NO4. The number of aromatic carboxylic acids is 1. The Bertz CT molecular complexity index is 818. The Morgan fingerprint density at radius 1 is 1.18 bits per heavy atom. The molecular weight excluding hydrogens is 282 g/mol. The minimum atomic E-state index is -1.32. The number of hydrogen-bond acceptors (Lipinski definition) is 3. The number of ketones is 1. The van der Waals surface area contributed by atoms with E-state index < -0.39 is 11.5 Å². The van der Waals surface area contributed by atoms with Gasteiger partial charge in [0, 0.05) is 17.7 Å². The van der Waals surface area contributed by atoms with Gasteiger partial charge in [-0.3, -0.25) is 9.59 Å². The molecule has 0 saturated carbocycles. The SMILES string of the molecule is Cc1ccc(C2CC(=O)c3cc(C(=O)O)c(=O)[nH]c3C2)cc1. The molecule has 1 aromatic heterocycles. The van der Waals surface area contributed by atoms with E-state index in [0.29, 0.717) is 24.1 Å². The number of carboxylic acid groups (broad SMARTS) is 1. The molecule has 0 amide bonds. The molecule has 1 aliphatic rings. The number of hydrogen-bond donors (Lipinski definition) is 2. The van der Waals surface area contributed by atoms with Gasteiger partial charge in [0.25, 0.3) is 5.56 Å². The molecule has 1 atom stereocenters. The molecule has 0 fully saturated rings. The second kappa shape index (κ2) is 5.26. The molecule has 0 bridgehead atoms. The Kier molecular flexibility index (Phi) is 3.41. The Balaban J connectivity index is 2.01. The standard InChI is InChI=1S/C17H15NO4/c1-9-2-4-10(5-3-9)11-6-14-12(15(19)7-11)8-13(17(21)22)16(20)18-14/h2-5,8,11H,6-7H2,1H3,(H,18,20)(H,21,22). The van der Waals surface area contributed by atoms with E-state index in [1.54, 1.807) is 0 Å². The fourth-order valence-electron chi connectivity index (χ4n) is 2.86. The van der Waals surface area contributed by atoms with Gasteiger partial charge >= 0.3 is 5.97 Å². The summed E-state index contributed by atoms with van der Waals surface area (Å²) in [7, 11) is 0. The Morgan fingerprint density at radius 2 is 1.86 bits per heavy atom. The number of carbonyl (C=O) groups excluding carboxylic acids is 1. The van der Waals surface area contributed by atoms with Crippen LogP contribution < -0.4 is 5.56 Å². The number of carboxylic acids is 1. The largest absolute Gasteiger partial charge is 0.477 e. The molecule has 0 aliphatic heterocycles. The fraction of sp³-hybridized carbons (Fsp3) is 0.235. The van der Waals surface area contributed by atoms with Gasteiger partial charge < -0.3 is 10.1 Å². The van der Waals surface area contributed by atoms with Gasteiger partial charge in [-0.05, 0) is 30.9 Å². The zero-order valence-electron chi connectivity index (χ0n) is 12.1. The van der Waals surface area contributed by atoms with Crippen molar-refractivity contribution >= 4 is 11.8 Å². The van der Waals surface area contributed by atoms with Gasteiger partial charge in [0.15, 0.2) is 5.78 Å². The number of aromatic amines is 1. The first-order valence-electron chi connectivity index (χ1n) is 7.05. The highest BCUT2D eigenvalue weighted by Gasteiger charge is 2.28. The number of pyridine rings is 1. The smallest absolute Gasteiger partial charge is 0.341 e. The molecule has 5 nitrogen and oxygen atoms in total. The molecule has 0 spiro atoms. The molecule has 1 aromatic carbocycles. The highest BCUT2D eigenvalue weighted by atomic mass is 16.4. The fourth-order valence-corrected chi connectivity index (χ4v) is 2.86. The van der Waals surface area contributed by atoms with Gasteiger partial charge in [0.05, 0.1) is 0 Å². The molecule has 1 heterocycles. The summed E-state index contributed by atoms with van der Waals surface area (Å²) in [6.07, 6.45) is 0.848. The minimum Gasteiger partial charge on any atom is -0.477 e. The van der Waals surface area contributed by atoms with Gasteiger partial charge in [0.1, 0.15) is 5.56 Å². The highest BCUT2D eigenvalue weighted by Crippen LogP contribution is 2.31. The van der Waals surface area contributed by atoms with Crippen LogP contribution in [0, 0.1) is 6.92 Å². The second-order valence-electron chi connectivity index (χ2n) is 5.65. The zero-order chi connectivity index (χ0) is 15.9. The second-order valence-corrected chi connectivity index (χ2v) is 5.65. The van der Waals surface area contributed by atoms with Crippen LogP contribution in [0.2, 0.25) is 0 Å². The molecule has 0 radical (unpaired) electrons. The van der Waals surface area contributed by atoms with Crippen LogP contribution in [0.25, 0.3) is 0 Å². The quantitative estimate of drug-likeness (QED) is 0.890. The van der Waals surface area contributed by atoms with Crippen molar-refractivity contribution in [2.75, 3.05) is 0 Å². The third kappa shape index (κ3) is 2.45. The van der Waals surface area contributed by atoms with E-state index in [1.165, 1.54) is 6.07 Å². The van der Waals surface area contributed by atoms with Gasteiger partial charge in [-0.2, -0.15) is 0 Å². The van der Waals surface area contributed by atoms with Crippen LogP contribution in [0.4, 0.5) is 0 Å². The summed E-state index contributed by atoms with van der Waals surface area (Å²) in [6.45, 7) is 2.00. The Labute approximate surface area is 126 Å². The van der Waals surface area contributed by atoms with Crippen LogP contribution in [0.5, 0.6) is 0 Å². The Hall–Kier alpha value is -2.69. The monoisotopic (exact) mass is 297 g/mol. The summed E-state index contributed by atoms with van der Waals surface area (Å²) in [6, 6.07) is 9.16. The van der Waals surface area contributed by atoms with Crippen molar-refractivity contribution in [3.05, 3.63) is 68.6 Å². The van der Waals surface area contributed by atoms with E-state index in [9.17, 15) is 14.4 Å². The van der Waals surface area contributed by atoms with Crippen LogP contribution in [-0.4, -0.2) is 21.8 Å². The first-order chi connectivity index (χ1) is 10.5. The van der Waals surface area contributed by atoms with Crippen LogP contribution in [0.1, 0.15) is 49.9 Å². The zero-order valence-corrected chi connectivity index (χ0v) is 12.1. The third-order valence-corrected chi connectivity index (χ3v) is 4.08. The molecule has 3 rings (SSSR count). The number of Topliss-reactive ketones (excluding diaryl/α,β-unsaturated/α-hetero) is 1. The van der Waals surface area contributed by atoms with E-state index in [-0.39, 0.29) is 17.3 Å². The van der Waals surface area contributed by atoms with Crippen molar-refractivity contribution in [2.45, 2.75) is 25.7 Å². The predicted octanol–water partition coefficient (Wildman–Crippen LogP) is 2.29. The van der Waals surface area contributed by atoms with Crippen LogP contribution in [0.15, 0.2) is 35.1 Å². The maximum absolute atomic E-state index is 12.3. The number of nitrogens with one attached hydrogen (secondary N) is 1. The van der Waals surface area contributed by atoms with E-state index in [1.807, 2.05) is 31.2 Å². The molecule has 2 N–H and O–H groups in total. The number of aromatic nitrogens is 1. The van der Waals surface area contributed by atoms with Gasteiger partial charge in [-0.15, -0.1) is 0 Å². The lowest BCUT2D eigenvalue weighted by atomic mass is 9.81. The number of H-pyrrole nitrogens is 1. The number of fused-ring (bicyclic) bond motifs is 1. The van der Waals surface area contributed by atoms with Crippen LogP contribution in [-0.2, 0) is 6.42 Å². The van der Waals surface area contributed by atoms with E-state index in [0.717, 1.165) is 11.1 Å². The molecule has 2 aromatic rings. The van der Waals surface area contributed by atoms with Crippen molar-refractivity contribution in [3.8, 4) is 0 Å². The third-order valence-electron chi connectivity index (χ3n) is 4.08. The Morgan fingerprint density at radius 3 is 2.50 bits per heavy atom. The topological polar surface area (TPSA) is 87.2 Å². The maximum Gasteiger partial charge on any atom is 0.341 e. The number of carbonyl (C=O) groups is 2. The van der Waals surface area contributed by atoms with Crippen molar-refractivity contribution in [2.24, 2.45) is 0 Å². The van der Waals surface area contributed by atoms with E-state index in [4.69, 9.17) is 5.11 Å². The average Bonchev–Trinajstić information content (AvgIpc) is 2.46. The number of aryl methyl sites for hydroxylation is 1. The molecule has 0 saturated heterocycles. The van der Waals surface area contributed by atoms with E-state index in [2.05, 4.69) is 4.98 Å². The number of rotatable bonds is 2. The highest BCUT2D eigenvalue weighted by molar-refractivity contribution is 6.00. The summed E-state index contributed by atoms with van der Waals surface area (Å²) in [5.41, 5.74) is 1.99. The predicted molar refractivity (Wildman–Crippen MR) is 80.6 cm³/mol. The van der Waals surface area contributed by atoms with Crippen molar-refractivity contribution < 1.29 is 14.7 Å². The lowest BCUT2D eigenvalue weighted by Crippen LogP contribution is -2.27. The maximum atomic E-state index is 12.3. The van der Waals surface area contributed by atoms with Crippen LogP contribution >= 0.6 is 0 Å². The molecule has 22 heavy (non-hydrogen) atoms. The van der Waals surface area contributed by atoms with Crippen molar-refractivity contribution in [3.63, 3.8) is 0 Å². The lowest BCUT2D eigenvalue weighted by molar-refractivity contribution is 0.0695. The molecule has 1 unspecified atom stereocenters.